The van der Waals surface area contributed by atoms with Gasteiger partial charge in [-0.3, -0.25) is 0 Å². The second kappa shape index (κ2) is 8.74. The van der Waals surface area contributed by atoms with Gasteiger partial charge in [-0.05, 0) is 70.0 Å². The zero-order chi connectivity index (χ0) is 22.0. The number of nitrogens with one attached hydrogen (secondary N) is 1. The summed E-state index contributed by atoms with van der Waals surface area (Å²) in [7, 11) is 0. The number of imidazole rings is 1. The zero-order valence-corrected chi connectivity index (χ0v) is 17.6. The highest BCUT2D eigenvalue weighted by Crippen LogP contribution is 2.28. The minimum Gasteiger partial charge on any atom is -0.406 e. The predicted octanol–water partition coefficient (Wildman–Crippen LogP) is 4.83. The van der Waals surface area contributed by atoms with E-state index in [1.54, 1.807) is 16.8 Å². The quantitative estimate of drug-likeness (QED) is 0.604. The van der Waals surface area contributed by atoms with Crippen LogP contribution in [0.4, 0.5) is 19.0 Å². The number of halogens is 3. The lowest BCUT2D eigenvalue weighted by molar-refractivity contribution is -0.274. The van der Waals surface area contributed by atoms with Gasteiger partial charge in [0.1, 0.15) is 11.6 Å². The van der Waals surface area contributed by atoms with E-state index in [-0.39, 0.29) is 5.75 Å². The Kier molecular flexibility index (Phi) is 6.04. The molecule has 0 atom stereocenters. The molecule has 1 aromatic carbocycles. The van der Waals surface area contributed by atoms with Gasteiger partial charge in [0, 0.05) is 18.2 Å². The summed E-state index contributed by atoms with van der Waals surface area (Å²) in [5, 5.41) is 8.02. The molecule has 166 valence electrons. The van der Waals surface area contributed by atoms with E-state index in [0.29, 0.717) is 34.7 Å². The Hall–Kier alpha value is -2.81. The lowest BCUT2D eigenvalue weighted by atomic mass is 9.96. The molecule has 0 unspecified atom stereocenters. The van der Waals surface area contributed by atoms with Gasteiger partial charge in [-0.25, -0.2) is 9.50 Å². The minimum atomic E-state index is -4.74. The van der Waals surface area contributed by atoms with Gasteiger partial charge in [-0.2, -0.15) is 0 Å². The number of benzene rings is 1. The first-order valence-corrected chi connectivity index (χ1v) is 10.5. The summed E-state index contributed by atoms with van der Waals surface area (Å²) in [5.74, 6) is 1.02. The van der Waals surface area contributed by atoms with Crippen molar-refractivity contribution in [3.05, 3.63) is 42.6 Å². The average Bonchev–Trinajstić information content (AvgIpc) is 3.15. The summed E-state index contributed by atoms with van der Waals surface area (Å²) < 4.78 is 43.3. The van der Waals surface area contributed by atoms with Crippen molar-refractivity contribution in [1.82, 2.24) is 19.5 Å². The summed E-state index contributed by atoms with van der Waals surface area (Å²) in [6, 6.07) is 10.1. The largest absolute Gasteiger partial charge is 0.573 e. The molecule has 0 bridgehead atoms. The topological polar surface area (TPSA) is 54.7 Å². The fourth-order valence-electron chi connectivity index (χ4n) is 3.94. The SMILES string of the molecule is CC(C)N1CCC(CNc2ccc3ncc(-c4cccc(OC(F)(F)F)c4)n3n2)CC1. The molecular weight excluding hydrogens is 407 g/mol. The number of likely N-dealkylation sites (tertiary alicyclic amines) is 1. The first kappa shape index (κ1) is 21.4. The summed E-state index contributed by atoms with van der Waals surface area (Å²) in [4.78, 5) is 6.81. The highest BCUT2D eigenvalue weighted by molar-refractivity contribution is 5.65. The van der Waals surface area contributed by atoms with E-state index in [2.05, 4.69) is 38.9 Å². The Labute approximate surface area is 179 Å². The van der Waals surface area contributed by atoms with Gasteiger partial charge < -0.3 is 15.0 Å². The molecule has 31 heavy (non-hydrogen) atoms. The van der Waals surface area contributed by atoms with Crippen LogP contribution in [0.15, 0.2) is 42.6 Å². The minimum absolute atomic E-state index is 0.276. The van der Waals surface area contributed by atoms with Crippen molar-refractivity contribution in [2.24, 2.45) is 5.92 Å². The number of fused-ring (bicyclic) bond motifs is 1. The first-order valence-electron chi connectivity index (χ1n) is 10.5. The van der Waals surface area contributed by atoms with E-state index in [9.17, 15) is 13.2 Å². The van der Waals surface area contributed by atoms with Gasteiger partial charge in [0.05, 0.1) is 11.9 Å². The number of piperidine rings is 1. The smallest absolute Gasteiger partial charge is 0.406 e. The lowest BCUT2D eigenvalue weighted by Gasteiger charge is -2.34. The fraction of sp³-hybridized carbons (Fsp3) is 0.455. The maximum absolute atomic E-state index is 12.6. The van der Waals surface area contributed by atoms with Crippen LogP contribution >= 0.6 is 0 Å². The number of anilines is 1. The number of hydrogen-bond acceptors (Lipinski definition) is 5. The van der Waals surface area contributed by atoms with Crippen molar-refractivity contribution in [1.29, 1.82) is 0 Å². The summed E-state index contributed by atoms with van der Waals surface area (Å²) in [6.07, 6.45) is -0.843. The van der Waals surface area contributed by atoms with Crippen molar-refractivity contribution in [3.8, 4) is 17.0 Å². The Morgan fingerprint density at radius 1 is 1.16 bits per heavy atom. The van der Waals surface area contributed by atoms with Gasteiger partial charge in [0.15, 0.2) is 5.65 Å². The summed E-state index contributed by atoms with van der Waals surface area (Å²) >= 11 is 0. The van der Waals surface area contributed by atoms with Crippen molar-refractivity contribution < 1.29 is 17.9 Å². The number of aromatic nitrogens is 3. The van der Waals surface area contributed by atoms with E-state index < -0.39 is 6.36 Å². The molecule has 0 aliphatic carbocycles. The fourth-order valence-corrected chi connectivity index (χ4v) is 3.94. The number of rotatable bonds is 6. The molecule has 0 amide bonds. The molecule has 1 N–H and O–H groups in total. The molecule has 2 aromatic heterocycles. The van der Waals surface area contributed by atoms with Crippen LogP contribution in [0.3, 0.4) is 0 Å². The Morgan fingerprint density at radius 3 is 2.65 bits per heavy atom. The average molecular weight is 433 g/mol. The van der Waals surface area contributed by atoms with Gasteiger partial charge in [-0.15, -0.1) is 18.3 Å². The van der Waals surface area contributed by atoms with Gasteiger partial charge >= 0.3 is 6.36 Å². The zero-order valence-electron chi connectivity index (χ0n) is 17.6. The lowest BCUT2D eigenvalue weighted by Crippen LogP contribution is -2.39. The van der Waals surface area contributed by atoms with Crippen LogP contribution in [-0.2, 0) is 0 Å². The first-order chi connectivity index (χ1) is 14.8. The maximum Gasteiger partial charge on any atom is 0.573 e. The molecule has 6 nitrogen and oxygen atoms in total. The number of hydrogen-bond donors (Lipinski definition) is 1. The van der Waals surface area contributed by atoms with Gasteiger partial charge in [0.2, 0.25) is 0 Å². The summed E-state index contributed by atoms with van der Waals surface area (Å²) in [5.41, 5.74) is 1.75. The number of nitrogens with zero attached hydrogens (tertiary/aromatic N) is 4. The summed E-state index contributed by atoms with van der Waals surface area (Å²) in [6.45, 7) is 7.51. The van der Waals surface area contributed by atoms with E-state index in [1.807, 2.05) is 12.1 Å². The van der Waals surface area contributed by atoms with Crippen LogP contribution in [0, 0.1) is 5.92 Å². The number of ether oxygens (including phenoxy) is 1. The monoisotopic (exact) mass is 433 g/mol. The Bertz CT molecular complexity index is 1030. The highest BCUT2D eigenvalue weighted by Gasteiger charge is 2.31. The van der Waals surface area contributed by atoms with Crippen LogP contribution in [-0.4, -0.2) is 51.5 Å². The van der Waals surface area contributed by atoms with Crippen LogP contribution in [0.2, 0.25) is 0 Å². The van der Waals surface area contributed by atoms with E-state index in [4.69, 9.17) is 0 Å². The van der Waals surface area contributed by atoms with Crippen LogP contribution in [0.5, 0.6) is 5.75 Å². The second-order valence-corrected chi connectivity index (χ2v) is 8.16. The molecule has 1 saturated heterocycles. The van der Waals surface area contributed by atoms with E-state index in [1.165, 1.54) is 18.2 Å². The molecule has 1 aliphatic heterocycles. The highest BCUT2D eigenvalue weighted by atomic mass is 19.4. The standard InChI is InChI=1S/C22H26F3N5O/c1-15(2)29-10-8-16(9-11-29)13-26-20-6-7-21-27-14-19(30(21)28-20)17-4-3-5-18(12-17)31-22(23,24)25/h3-7,12,14-16H,8-11,13H2,1-2H3,(H,26,28). The normalized spacial score (nSPS) is 16.2. The van der Waals surface area contributed by atoms with Crippen molar-refractivity contribution in [3.63, 3.8) is 0 Å². The molecule has 0 radical (unpaired) electrons. The molecule has 0 saturated carbocycles. The third kappa shape index (κ3) is 5.28. The molecule has 3 aromatic rings. The van der Waals surface area contributed by atoms with Crippen LogP contribution < -0.4 is 10.1 Å². The van der Waals surface area contributed by atoms with Crippen molar-refractivity contribution in [2.75, 3.05) is 25.0 Å². The third-order valence-corrected chi connectivity index (χ3v) is 5.68. The molecule has 4 rings (SSSR count). The third-order valence-electron chi connectivity index (χ3n) is 5.68. The molecule has 0 spiro atoms. The van der Waals surface area contributed by atoms with Crippen molar-refractivity contribution in [2.45, 2.75) is 39.1 Å². The second-order valence-electron chi connectivity index (χ2n) is 8.16. The number of alkyl halides is 3. The van der Waals surface area contributed by atoms with Crippen LogP contribution in [0.25, 0.3) is 16.9 Å². The van der Waals surface area contributed by atoms with E-state index in [0.717, 1.165) is 32.5 Å². The van der Waals surface area contributed by atoms with Crippen LogP contribution in [0.1, 0.15) is 26.7 Å². The van der Waals surface area contributed by atoms with E-state index >= 15 is 0 Å². The molecule has 1 aliphatic rings. The van der Waals surface area contributed by atoms with Gasteiger partial charge in [0.25, 0.3) is 0 Å². The van der Waals surface area contributed by atoms with Crippen molar-refractivity contribution >= 4 is 11.5 Å². The molecular formula is C22H26F3N5O. The molecule has 1 fully saturated rings. The molecule has 9 heteroatoms. The maximum atomic E-state index is 12.6. The molecule has 3 heterocycles. The predicted molar refractivity (Wildman–Crippen MR) is 113 cm³/mol. The Morgan fingerprint density at radius 2 is 1.94 bits per heavy atom. The Balaban J connectivity index is 1.48. The van der Waals surface area contributed by atoms with Gasteiger partial charge in [-0.1, -0.05) is 12.1 Å².